The largest absolute Gasteiger partial charge is 0.478 e. The number of anilines is 1. The summed E-state index contributed by atoms with van der Waals surface area (Å²) in [4.78, 5) is 24.8. The van der Waals surface area contributed by atoms with Crippen LogP contribution in [-0.2, 0) is 0 Å². The third kappa shape index (κ3) is 2.76. The number of carboxylic acid groups (broad SMARTS) is 1. The average molecular weight is 354 g/mol. The summed E-state index contributed by atoms with van der Waals surface area (Å²) in [6.45, 7) is 4.73. The first kappa shape index (κ1) is 16.8. The number of nitrogens with one attached hydrogen (secondary N) is 1. The Kier molecular flexibility index (Phi) is 4.27. The van der Waals surface area contributed by atoms with Gasteiger partial charge in [0.2, 0.25) is 5.43 Å². The molecular formula is C16H16F2N2O3S. The Labute approximate surface area is 140 Å². The lowest BCUT2D eigenvalue weighted by Gasteiger charge is -2.38. The third-order valence-electron chi connectivity index (χ3n) is 4.04. The quantitative estimate of drug-likeness (QED) is 0.867. The molecule has 2 atom stereocenters. The molecule has 1 aromatic heterocycles. The van der Waals surface area contributed by atoms with E-state index in [9.17, 15) is 18.4 Å². The molecule has 0 amide bonds. The molecule has 1 saturated heterocycles. The first-order chi connectivity index (χ1) is 11.3. The Morgan fingerprint density at radius 2 is 1.96 bits per heavy atom. The van der Waals surface area contributed by atoms with E-state index in [4.69, 9.17) is 5.11 Å². The number of piperazine rings is 1. The molecule has 1 aromatic carbocycles. The lowest BCUT2D eigenvalue weighted by atomic mass is 10.1. The molecule has 3 rings (SSSR count). The van der Waals surface area contributed by atoms with E-state index in [2.05, 4.69) is 5.32 Å². The summed E-state index contributed by atoms with van der Waals surface area (Å²) in [5.41, 5.74) is -1.52. The highest BCUT2D eigenvalue weighted by molar-refractivity contribution is 7.16. The zero-order valence-electron chi connectivity index (χ0n) is 13.1. The topological polar surface area (TPSA) is 69.6 Å². The smallest absolute Gasteiger partial charge is 0.340 e. The molecular weight excluding hydrogens is 338 g/mol. The standard InChI is InChI=1S/C16H16F2N2O3S/c1-7-4-20(5-8(2)19-7)13-11(17)3-9-14(21)10(16(22)23)6-24-15(9)12(13)18/h3,6-8,19H,4-5H2,1-2H3,(H,22,23). The summed E-state index contributed by atoms with van der Waals surface area (Å²) < 4.78 is 29.4. The molecule has 1 aliphatic heterocycles. The summed E-state index contributed by atoms with van der Waals surface area (Å²) in [5.74, 6) is -3.08. The van der Waals surface area contributed by atoms with Crippen molar-refractivity contribution in [3.63, 3.8) is 0 Å². The molecule has 2 heterocycles. The third-order valence-corrected chi connectivity index (χ3v) is 5.03. The lowest BCUT2D eigenvalue weighted by molar-refractivity contribution is 0.0696. The zero-order valence-corrected chi connectivity index (χ0v) is 13.9. The van der Waals surface area contributed by atoms with E-state index >= 15 is 0 Å². The van der Waals surface area contributed by atoms with E-state index in [1.165, 1.54) is 0 Å². The van der Waals surface area contributed by atoms with Crippen molar-refractivity contribution in [2.75, 3.05) is 18.0 Å². The Balaban J connectivity index is 2.19. The van der Waals surface area contributed by atoms with Crippen LogP contribution < -0.4 is 15.6 Å². The molecule has 0 saturated carbocycles. The second-order valence-electron chi connectivity index (χ2n) is 6.06. The van der Waals surface area contributed by atoms with Crippen LogP contribution in [0.2, 0.25) is 0 Å². The molecule has 5 nitrogen and oxygen atoms in total. The molecule has 2 aromatic rings. The fourth-order valence-corrected chi connectivity index (χ4v) is 4.06. The second kappa shape index (κ2) is 6.10. The summed E-state index contributed by atoms with van der Waals surface area (Å²) in [6.07, 6.45) is 0. The number of aromatic carboxylic acids is 1. The van der Waals surface area contributed by atoms with Crippen LogP contribution in [0.25, 0.3) is 10.1 Å². The summed E-state index contributed by atoms with van der Waals surface area (Å²) in [6, 6.07) is 1.07. The summed E-state index contributed by atoms with van der Waals surface area (Å²) >= 11 is 0.796. The first-order valence-electron chi connectivity index (χ1n) is 7.47. The van der Waals surface area contributed by atoms with Gasteiger partial charge in [0.1, 0.15) is 17.1 Å². The van der Waals surface area contributed by atoms with E-state index < -0.39 is 28.6 Å². The summed E-state index contributed by atoms with van der Waals surface area (Å²) in [5, 5.41) is 13.1. The predicted molar refractivity (Wildman–Crippen MR) is 89.2 cm³/mol. The highest BCUT2D eigenvalue weighted by Crippen LogP contribution is 2.32. The van der Waals surface area contributed by atoms with E-state index in [-0.39, 0.29) is 27.9 Å². The van der Waals surface area contributed by atoms with Gasteiger partial charge in [-0.05, 0) is 19.9 Å². The highest BCUT2D eigenvalue weighted by Gasteiger charge is 2.28. The highest BCUT2D eigenvalue weighted by atomic mass is 32.1. The maximum atomic E-state index is 14.9. The van der Waals surface area contributed by atoms with E-state index in [1.807, 2.05) is 13.8 Å². The number of hydrogen-bond acceptors (Lipinski definition) is 5. The van der Waals surface area contributed by atoms with Crippen molar-refractivity contribution in [1.82, 2.24) is 5.32 Å². The minimum Gasteiger partial charge on any atom is -0.478 e. The van der Waals surface area contributed by atoms with Crippen molar-refractivity contribution in [3.8, 4) is 0 Å². The maximum absolute atomic E-state index is 14.9. The van der Waals surface area contributed by atoms with Crippen LogP contribution in [0.4, 0.5) is 14.5 Å². The second-order valence-corrected chi connectivity index (χ2v) is 6.93. The number of carbonyl (C=O) groups is 1. The van der Waals surface area contributed by atoms with Crippen molar-refractivity contribution in [2.45, 2.75) is 25.9 Å². The molecule has 128 valence electrons. The minimum absolute atomic E-state index is 0.0276. The Hall–Kier alpha value is -2.06. The number of nitrogens with zero attached hydrogens (tertiary/aromatic N) is 1. The fourth-order valence-electron chi connectivity index (χ4n) is 3.14. The number of hydrogen-bond donors (Lipinski definition) is 2. The average Bonchev–Trinajstić information content (AvgIpc) is 2.47. The van der Waals surface area contributed by atoms with Gasteiger partial charge in [0, 0.05) is 35.9 Å². The number of halogens is 2. The molecule has 1 fully saturated rings. The monoisotopic (exact) mass is 354 g/mol. The molecule has 1 aliphatic rings. The zero-order chi connectivity index (χ0) is 17.6. The van der Waals surface area contributed by atoms with Crippen LogP contribution in [0.5, 0.6) is 0 Å². The van der Waals surface area contributed by atoms with Gasteiger partial charge in [-0.15, -0.1) is 11.3 Å². The van der Waals surface area contributed by atoms with E-state index in [0.717, 1.165) is 22.8 Å². The summed E-state index contributed by atoms with van der Waals surface area (Å²) in [7, 11) is 0. The normalized spacial score (nSPS) is 21.2. The Bertz CT molecular complexity index is 874. The van der Waals surface area contributed by atoms with E-state index in [1.54, 1.807) is 4.90 Å². The number of benzene rings is 1. The van der Waals surface area contributed by atoms with Crippen molar-refractivity contribution in [3.05, 3.63) is 38.9 Å². The molecule has 8 heteroatoms. The van der Waals surface area contributed by atoms with Crippen molar-refractivity contribution < 1.29 is 18.7 Å². The first-order valence-corrected chi connectivity index (χ1v) is 8.35. The molecule has 0 spiro atoms. The molecule has 0 aliphatic carbocycles. The van der Waals surface area contributed by atoms with Gasteiger partial charge in [-0.1, -0.05) is 0 Å². The number of rotatable bonds is 2. The molecule has 0 radical (unpaired) electrons. The molecule has 24 heavy (non-hydrogen) atoms. The maximum Gasteiger partial charge on any atom is 0.340 e. The van der Waals surface area contributed by atoms with Gasteiger partial charge < -0.3 is 15.3 Å². The van der Waals surface area contributed by atoms with Crippen LogP contribution in [0.1, 0.15) is 24.2 Å². The van der Waals surface area contributed by atoms with Crippen LogP contribution in [0.15, 0.2) is 16.2 Å². The van der Waals surface area contributed by atoms with Crippen LogP contribution in [0.3, 0.4) is 0 Å². The van der Waals surface area contributed by atoms with Crippen LogP contribution in [0, 0.1) is 11.6 Å². The van der Waals surface area contributed by atoms with Gasteiger partial charge >= 0.3 is 5.97 Å². The predicted octanol–water partition coefficient (Wildman–Crippen LogP) is 2.42. The van der Waals surface area contributed by atoms with Gasteiger partial charge in [-0.25, -0.2) is 13.6 Å². The van der Waals surface area contributed by atoms with Gasteiger partial charge in [-0.2, -0.15) is 0 Å². The van der Waals surface area contributed by atoms with Crippen molar-refractivity contribution in [2.24, 2.45) is 0 Å². The van der Waals surface area contributed by atoms with Crippen molar-refractivity contribution >= 4 is 33.1 Å². The number of carboxylic acids is 1. The van der Waals surface area contributed by atoms with E-state index in [0.29, 0.717) is 13.1 Å². The Morgan fingerprint density at radius 3 is 2.54 bits per heavy atom. The van der Waals surface area contributed by atoms with Gasteiger partial charge in [0.25, 0.3) is 0 Å². The van der Waals surface area contributed by atoms with Gasteiger partial charge in [-0.3, -0.25) is 4.79 Å². The van der Waals surface area contributed by atoms with Gasteiger partial charge in [0.05, 0.1) is 4.70 Å². The Morgan fingerprint density at radius 1 is 1.33 bits per heavy atom. The van der Waals surface area contributed by atoms with Crippen LogP contribution in [-0.4, -0.2) is 36.2 Å². The lowest BCUT2D eigenvalue weighted by Crippen LogP contribution is -2.54. The number of fused-ring (bicyclic) bond motifs is 1. The molecule has 2 unspecified atom stereocenters. The molecule has 0 bridgehead atoms. The minimum atomic E-state index is -1.41. The van der Waals surface area contributed by atoms with Gasteiger partial charge in [0.15, 0.2) is 5.82 Å². The molecule has 2 N–H and O–H groups in total. The fraction of sp³-hybridized carbons (Fsp3) is 0.375. The van der Waals surface area contributed by atoms with Crippen LogP contribution >= 0.6 is 11.3 Å². The van der Waals surface area contributed by atoms with Crippen molar-refractivity contribution in [1.29, 1.82) is 0 Å². The SMILES string of the molecule is CC1CN(c2c(F)cc3c(=O)c(C(=O)O)csc3c2F)CC(C)N1.